The van der Waals surface area contributed by atoms with Crippen molar-refractivity contribution in [2.45, 2.75) is 13.0 Å². The van der Waals surface area contributed by atoms with Gasteiger partial charge in [0.15, 0.2) is 6.10 Å². The second-order valence-corrected chi connectivity index (χ2v) is 4.85. The molecular weight excluding hydrogens is 318 g/mol. The molecule has 0 spiro atoms. The van der Waals surface area contributed by atoms with E-state index in [4.69, 9.17) is 10.00 Å². The highest BCUT2D eigenvalue weighted by molar-refractivity contribution is 5.97. The Bertz CT molecular complexity index is 814. The zero-order chi connectivity index (χ0) is 17.7. The minimum atomic E-state index is -1.20. The van der Waals surface area contributed by atoms with E-state index >= 15 is 0 Å². The third kappa shape index (κ3) is 4.14. The van der Waals surface area contributed by atoms with Crippen LogP contribution in [0.25, 0.3) is 0 Å². The van der Waals surface area contributed by atoms with Gasteiger partial charge in [0.1, 0.15) is 11.6 Å². The van der Waals surface area contributed by atoms with Crippen molar-refractivity contribution in [2.75, 3.05) is 5.32 Å². The quantitative estimate of drug-likeness (QED) is 0.874. The molecule has 1 atom stereocenters. The lowest BCUT2D eigenvalue weighted by molar-refractivity contribution is -0.123. The topological polar surface area (TPSA) is 79.2 Å². The predicted molar refractivity (Wildman–Crippen MR) is 81.0 cm³/mol. The van der Waals surface area contributed by atoms with E-state index in [9.17, 15) is 18.4 Å². The maximum Gasteiger partial charge on any atom is 0.341 e. The highest BCUT2D eigenvalue weighted by Gasteiger charge is 2.21. The van der Waals surface area contributed by atoms with Gasteiger partial charge in [0, 0.05) is 11.8 Å². The Labute approximate surface area is 136 Å². The molecule has 0 aromatic heterocycles. The maximum absolute atomic E-state index is 13.5. The van der Waals surface area contributed by atoms with Crippen LogP contribution < -0.4 is 5.32 Å². The van der Waals surface area contributed by atoms with Gasteiger partial charge in [0.2, 0.25) is 0 Å². The molecule has 2 rings (SSSR count). The molecule has 0 aliphatic rings. The van der Waals surface area contributed by atoms with E-state index in [1.807, 2.05) is 6.07 Å². The molecule has 2 aromatic rings. The van der Waals surface area contributed by atoms with Gasteiger partial charge < -0.3 is 10.1 Å². The van der Waals surface area contributed by atoms with E-state index in [0.717, 1.165) is 12.1 Å². The van der Waals surface area contributed by atoms with Gasteiger partial charge >= 0.3 is 5.97 Å². The van der Waals surface area contributed by atoms with Crippen molar-refractivity contribution in [3.8, 4) is 6.07 Å². The summed E-state index contributed by atoms with van der Waals surface area (Å²) < 4.78 is 31.2. The molecule has 0 aliphatic heterocycles. The standard InChI is InChI=1S/C17H12F2N2O3/c1-10(16(22)21-13-5-2-11(9-20)3-6-13)24-17(23)14-7-4-12(18)8-15(14)19/h2-8,10H,1H3,(H,21,22)/t10-/m1/s1. The first-order valence-electron chi connectivity index (χ1n) is 6.88. The molecule has 0 unspecified atom stereocenters. The van der Waals surface area contributed by atoms with Crippen molar-refractivity contribution < 1.29 is 23.1 Å². The Kier molecular flexibility index (Phi) is 5.22. The zero-order valence-electron chi connectivity index (χ0n) is 12.5. The van der Waals surface area contributed by atoms with Gasteiger partial charge in [-0.3, -0.25) is 4.79 Å². The Hall–Kier alpha value is -3.27. The average Bonchev–Trinajstić information content (AvgIpc) is 2.55. The lowest BCUT2D eigenvalue weighted by Crippen LogP contribution is -2.30. The van der Waals surface area contributed by atoms with Crippen LogP contribution in [0.5, 0.6) is 0 Å². The SMILES string of the molecule is C[C@@H](OC(=O)c1ccc(F)cc1F)C(=O)Nc1ccc(C#N)cc1. The van der Waals surface area contributed by atoms with Crippen molar-refractivity contribution in [1.82, 2.24) is 0 Å². The summed E-state index contributed by atoms with van der Waals surface area (Å²) in [5, 5.41) is 11.2. The van der Waals surface area contributed by atoms with Crippen LogP contribution in [0.2, 0.25) is 0 Å². The van der Waals surface area contributed by atoms with Crippen molar-refractivity contribution >= 4 is 17.6 Å². The summed E-state index contributed by atoms with van der Waals surface area (Å²) in [5.74, 6) is -3.60. The monoisotopic (exact) mass is 330 g/mol. The van der Waals surface area contributed by atoms with Crippen LogP contribution in [-0.4, -0.2) is 18.0 Å². The number of benzene rings is 2. The fourth-order valence-corrected chi connectivity index (χ4v) is 1.80. The summed E-state index contributed by atoms with van der Waals surface area (Å²) in [6, 6.07) is 10.4. The Morgan fingerprint density at radius 1 is 1.17 bits per heavy atom. The van der Waals surface area contributed by atoms with Gasteiger partial charge in [-0.05, 0) is 43.3 Å². The number of esters is 1. The average molecular weight is 330 g/mol. The summed E-state index contributed by atoms with van der Waals surface area (Å²) in [5.41, 5.74) is 0.378. The largest absolute Gasteiger partial charge is 0.449 e. The van der Waals surface area contributed by atoms with E-state index in [-0.39, 0.29) is 0 Å². The van der Waals surface area contributed by atoms with Gasteiger partial charge in [0.25, 0.3) is 5.91 Å². The van der Waals surface area contributed by atoms with Crippen LogP contribution >= 0.6 is 0 Å². The van der Waals surface area contributed by atoms with Gasteiger partial charge in [-0.15, -0.1) is 0 Å². The second-order valence-electron chi connectivity index (χ2n) is 4.85. The van der Waals surface area contributed by atoms with Gasteiger partial charge in [0.05, 0.1) is 17.2 Å². The highest BCUT2D eigenvalue weighted by Crippen LogP contribution is 2.13. The fourth-order valence-electron chi connectivity index (χ4n) is 1.80. The lowest BCUT2D eigenvalue weighted by Gasteiger charge is -2.14. The zero-order valence-corrected chi connectivity index (χ0v) is 12.5. The number of hydrogen-bond acceptors (Lipinski definition) is 4. The number of rotatable bonds is 4. The van der Waals surface area contributed by atoms with E-state index in [2.05, 4.69) is 5.32 Å². The number of ether oxygens (including phenoxy) is 1. The summed E-state index contributed by atoms with van der Waals surface area (Å²) in [4.78, 5) is 23.8. The predicted octanol–water partition coefficient (Wildman–Crippen LogP) is 3.02. The molecule has 0 aliphatic carbocycles. The molecule has 0 heterocycles. The smallest absolute Gasteiger partial charge is 0.341 e. The van der Waals surface area contributed by atoms with Crippen LogP contribution in [0.15, 0.2) is 42.5 Å². The molecule has 0 saturated carbocycles. The molecule has 1 N–H and O–H groups in total. The van der Waals surface area contributed by atoms with E-state index in [1.54, 1.807) is 0 Å². The van der Waals surface area contributed by atoms with Crippen LogP contribution in [0, 0.1) is 23.0 Å². The number of nitriles is 1. The van der Waals surface area contributed by atoms with Crippen molar-refractivity contribution in [2.24, 2.45) is 0 Å². The third-order valence-electron chi connectivity index (χ3n) is 3.09. The number of carbonyl (C=O) groups excluding carboxylic acids is 2. The molecule has 0 saturated heterocycles. The Morgan fingerprint density at radius 3 is 2.42 bits per heavy atom. The lowest BCUT2D eigenvalue weighted by atomic mass is 10.2. The van der Waals surface area contributed by atoms with Crippen molar-refractivity contribution in [3.63, 3.8) is 0 Å². The number of anilines is 1. The minimum absolute atomic E-state index is 0.412. The van der Waals surface area contributed by atoms with Crippen LogP contribution in [-0.2, 0) is 9.53 Å². The minimum Gasteiger partial charge on any atom is -0.449 e. The van der Waals surface area contributed by atoms with Crippen molar-refractivity contribution in [1.29, 1.82) is 5.26 Å². The fraction of sp³-hybridized carbons (Fsp3) is 0.118. The second kappa shape index (κ2) is 7.33. The molecular formula is C17H12F2N2O3. The van der Waals surface area contributed by atoms with E-state index < -0.39 is 35.2 Å². The van der Waals surface area contributed by atoms with Crippen LogP contribution in [0.3, 0.4) is 0 Å². The number of carbonyl (C=O) groups is 2. The number of nitrogens with one attached hydrogen (secondary N) is 1. The van der Waals surface area contributed by atoms with Crippen molar-refractivity contribution in [3.05, 3.63) is 65.2 Å². The van der Waals surface area contributed by atoms with Crippen LogP contribution in [0.1, 0.15) is 22.8 Å². The molecule has 0 radical (unpaired) electrons. The van der Waals surface area contributed by atoms with E-state index in [0.29, 0.717) is 17.3 Å². The summed E-state index contributed by atoms with van der Waals surface area (Å²) in [6.45, 7) is 1.32. The molecule has 122 valence electrons. The first-order chi connectivity index (χ1) is 11.4. The molecule has 0 bridgehead atoms. The number of hydrogen-bond donors (Lipinski definition) is 1. The van der Waals surface area contributed by atoms with Gasteiger partial charge in [-0.1, -0.05) is 0 Å². The number of amides is 1. The molecule has 7 heteroatoms. The number of nitrogens with zero attached hydrogens (tertiary/aromatic N) is 1. The summed E-state index contributed by atoms with van der Waals surface area (Å²) >= 11 is 0. The molecule has 0 fully saturated rings. The van der Waals surface area contributed by atoms with Gasteiger partial charge in [-0.25, -0.2) is 13.6 Å². The molecule has 5 nitrogen and oxygen atoms in total. The third-order valence-corrected chi connectivity index (χ3v) is 3.09. The summed E-state index contributed by atoms with van der Waals surface area (Å²) in [6.07, 6.45) is -1.20. The summed E-state index contributed by atoms with van der Waals surface area (Å²) in [7, 11) is 0. The first kappa shape index (κ1) is 17.1. The van der Waals surface area contributed by atoms with E-state index in [1.165, 1.54) is 31.2 Å². The normalized spacial score (nSPS) is 11.2. The number of halogens is 2. The molecule has 2 aromatic carbocycles. The van der Waals surface area contributed by atoms with Crippen LogP contribution in [0.4, 0.5) is 14.5 Å². The highest BCUT2D eigenvalue weighted by atomic mass is 19.1. The van der Waals surface area contributed by atoms with Gasteiger partial charge in [-0.2, -0.15) is 5.26 Å². The first-order valence-corrected chi connectivity index (χ1v) is 6.88. The maximum atomic E-state index is 13.5. The Morgan fingerprint density at radius 2 is 1.83 bits per heavy atom. The Balaban J connectivity index is 2.00. The molecule has 1 amide bonds. The molecule has 24 heavy (non-hydrogen) atoms.